The number of halogens is 3. The second-order valence-electron chi connectivity index (χ2n) is 6.26. The summed E-state index contributed by atoms with van der Waals surface area (Å²) >= 11 is 17.4. The molecular weight excluding hydrogens is 495 g/mol. The predicted octanol–water partition coefficient (Wildman–Crippen LogP) is 6.63. The Morgan fingerprint density at radius 3 is 2.52 bits per heavy atom. The minimum Gasteiger partial charge on any atom is -0.455 e. The van der Waals surface area contributed by atoms with Gasteiger partial charge in [0.25, 0.3) is 0 Å². The van der Waals surface area contributed by atoms with E-state index in [1.54, 1.807) is 22.5 Å². The van der Waals surface area contributed by atoms with Crippen LogP contribution in [-0.4, -0.2) is 26.3 Å². The number of furan rings is 1. The highest BCUT2D eigenvalue weighted by Gasteiger charge is 2.23. The van der Waals surface area contributed by atoms with Crippen molar-refractivity contribution in [1.82, 2.24) is 14.9 Å². The van der Waals surface area contributed by atoms with Gasteiger partial charge in [-0.15, -0.1) is 10.2 Å². The Bertz CT molecular complexity index is 1250. The molecule has 144 valence electrons. The van der Waals surface area contributed by atoms with Gasteiger partial charge in [-0.2, -0.15) is 9.78 Å². The fourth-order valence-corrected chi connectivity index (χ4v) is 4.81. The Balaban J connectivity index is 1.54. The van der Waals surface area contributed by atoms with Gasteiger partial charge >= 0.3 is 0 Å². The van der Waals surface area contributed by atoms with Crippen LogP contribution >= 0.6 is 50.9 Å². The molecule has 1 aliphatic rings. The summed E-state index contributed by atoms with van der Waals surface area (Å²) in [7, 11) is 0. The average molecular weight is 506 g/mol. The van der Waals surface area contributed by atoms with Crippen LogP contribution in [0.4, 0.5) is 0 Å². The summed E-state index contributed by atoms with van der Waals surface area (Å²) in [5, 5.41) is 15.2. The van der Waals surface area contributed by atoms with Crippen LogP contribution in [0.5, 0.6) is 0 Å². The highest BCUT2D eigenvalue weighted by Crippen LogP contribution is 2.33. The van der Waals surface area contributed by atoms with Crippen LogP contribution in [0.1, 0.15) is 5.76 Å². The minimum atomic E-state index is 0.559. The first-order chi connectivity index (χ1) is 14.1. The summed E-state index contributed by atoms with van der Waals surface area (Å²) in [4.78, 5) is 0. The van der Waals surface area contributed by atoms with Gasteiger partial charge in [-0.25, -0.2) is 0 Å². The fourth-order valence-electron chi connectivity index (χ4n) is 3.00. The van der Waals surface area contributed by atoms with Gasteiger partial charge in [0.1, 0.15) is 11.5 Å². The van der Waals surface area contributed by atoms with Gasteiger partial charge in [0.15, 0.2) is 11.6 Å². The molecule has 0 amide bonds. The molecule has 0 spiro atoms. The number of fused-ring (bicyclic) bond motifs is 1. The first-order valence-corrected chi connectivity index (χ1v) is 11.1. The van der Waals surface area contributed by atoms with Crippen molar-refractivity contribution in [2.24, 2.45) is 5.10 Å². The molecule has 5 rings (SSSR count). The van der Waals surface area contributed by atoms with Crippen LogP contribution in [0.25, 0.3) is 22.7 Å². The zero-order chi connectivity index (χ0) is 20.0. The van der Waals surface area contributed by atoms with Crippen LogP contribution in [-0.2, 0) is 0 Å². The Labute approximate surface area is 188 Å². The normalized spacial score (nSPS) is 13.3. The second kappa shape index (κ2) is 7.65. The van der Waals surface area contributed by atoms with Crippen LogP contribution in [0.3, 0.4) is 0 Å². The summed E-state index contributed by atoms with van der Waals surface area (Å²) < 4.78 is 8.74. The topological polar surface area (TPSA) is 56.2 Å². The molecule has 0 bridgehead atoms. The molecule has 2 aromatic carbocycles. The molecule has 0 fully saturated rings. The number of aromatic nitrogens is 3. The van der Waals surface area contributed by atoms with Gasteiger partial charge in [0.05, 0.1) is 0 Å². The van der Waals surface area contributed by atoms with E-state index < -0.39 is 0 Å². The van der Waals surface area contributed by atoms with Crippen LogP contribution in [0.2, 0.25) is 10.0 Å². The minimum absolute atomic E-state index is 0.559. The molecule has 0 aliphatic carbocycles. The molecule has 0 N–H and O–H groups in total. The van der Waals surface area contributed by atoms with Crippen molar-refractivity contribution in [3.63, 3.8) is 0 Å². The van der Waals surface area contributed by atoms with Crippen molar-refractivity contribution < 1.29 is 4.42 Å². The SMILES string of the molecule is Clc1cc(Cl)cc(-c2ccc(C3=Nn4c(nnc4-c4ccccc4Br)SC3)o2)c1. The molecule has 29 heavy (non-hydrogen) atoms. The summed E-state index contributed by atoms with van der Waals surface area (Å²) in [6.45, 7) is 0. The largest absolute Gasteiger partial charge is 0.455 e. The van der Waals surface area contributed by atoms with E-state index in [0.29, 0.717) is 33.1 Å². The predicted molar refractivity (Wildman–Crippen MR) is 120 cm³/mol. The molecule has 0 radical (unpaired) electrons. The van der Waals surface area contributed by atoms with Gasteiger partial charge < -0.3 is 4.42 Å². The van der Waals surface area contributed by atoms with Gasteiger partial charge in [0.2, 0.25) is 5.16 Å². The molecule has 0 atom stereocenters. The molecule has 0 saturated carbocycles. The lowest BCUT2D eigenvalue weighted by atomic mass is 10.2. The second-order valence-corrected chi connectivity index (χ2v) is 8.92. The Hall–Kier alpha value is -2.06. The zero-order valence-corrected chi connectivity index (χ0v) is 18.6. The third kappa shape index (κ3) is 3.64. The van der Waals surface area contributed by atoms with E-state index in [1.165, 1.54) is 0 Å². The lowest BCUT2D eigenvalue weighted by molar-refractivity contribution is 0.570. The van der Waals surface area contributed by atoms with Crippen LogP contribution in [0, 0.1) is 0 Å². The van der Waals surface area contributed by atoms with Crippen molar-refractivity contribution in [1.29, 1.82) is 0 Å². The third-order valence-corrected chi connectivity index (χ3v) is 6.38. The highest BCUT2D eigenvalue weighted by molar-refractivity contribution is 9.10. The van der Waals surface area contributed by atoms with Crippen molar-refractivity contribution in [3.8, 4) is 22.7 Å². The van der Waals surface area contributed by atoms with Crippen LogP contribution < -0.4 is 0 Å². The molecule has 3 heterocycles. The van der Waals surface area contributed by atoms with Crippen molar-refractivity contribution >= 4 is 56.6 Å². The van der Waals surface area contributed by atoms with E-state index in [0.717, 1.165) is 26.5 Å². The van der Waals surface area contributed by atoms with E-state index in [4.69, 9.17) is 32.7 Å². The number of hydrogen-bond donors (Lipinski definition) is 0. The summed E-state index contributed by atoms with van der Waals surface area (Å²) in [5.74, 6) is 2.67. The average Bonchev–Trinajstić information content (AvgIpc) is 3.35. The number of thioether (sulfide) groups is 1. The first kappa shape index (κ1) is 18.9. The fraction of sp³-hybridized carbons (Fsp3) is 0.0500. The number of rotatable bonds is 3. The van der Waals surface area contributed by atoms with Crippen molar-refractivity contribution in [2.45, 2.75) is 5.16 Å². The first-order valence-electron chi connectivity index (χ1n) is 8.56. The molecule has 4 aromatic rings. The molecule has 0 unspecified atom stereocenters. The lowest BCUT2D eigenvalue weighted by Crippen LogP contribution is -2.13. The van der Waals surface area contributed by atoms with Gasteiger partial charge in [-0.1, -0.05) is 63.0 Å². The number of nitrogens with zero attached hydrogens (tertiary/aromatic N) is 4. The number of benzene rings is 2. The van der Waals surface area contributed by atoms with E-state index >= 15 is 0 Å². The molecule has 0 saturated heterocycles. The van der Waals surface area contributed by atoms with E-state index in [2.05, 4.69) is 26.1 Å². The molecule has 1 aliphatic heterocycles. The van der Waals surface area contributed by atoms with Gasteiger partial charge in [-0.05, 0) is 42.5 Å². The Morgan fingerprint density at radius 2 is 1.72 bits per heavy atom. The number of hydrogen-bond acceptors (Lipinski definition) is 5. The smallest absolute Gasteiger partial charge is 0.212 e. The summed E-state index contributed by atoms with van der Waals surface area (Å²) in [5.41, 5.74) is 2.54. The molecule has 9 heteroatoms. The maximum Gasteiger partial charge on any atom is 0.212 e. The zero-order valence-electron chi connectivity index (χ0n) is 14.6. The van der Waals surface area contributed by atoms with E-state index in [1.807, 2.05) is 48.5 Å². The molecule has 2 aromatic heterocycles. The van der Waals surface area contributed by atoms with Gasteiger partial charge in [0, 0.05) is 31.4 Å². The highest BCUT2D eigenvalue weighted by atomic mass is 79.9. The maximum atomic E-state index is 6.11. The molecule has 5 nitrogen and oxygen atoms in total. The summed E-state index contributed by atoms with van der Waals surface area (Å²) in [6.07, 6.45) is 0. The standard InChI is InChI=1S/C20H11BrCl2N4OS/c21-15-4-2-1-3-14(15)19-24-25-20-27(19)26-16(10-29-20)18-6-5-17(28-18)11-7-12(22)9-13(23)8-11/h1-9H,10H2. The maximum absolute atomic E-state index is 6.11. The summed E-state index contributed by atoms with van der Waals surface area (Å²) in [6, 6.07) is 17.0. The van der Waals surface area contributed by atoms with Crippen LogP contribution in [0.15, 0.2) is 73.7 Å². The molecular formula is C20H11BrCl2N4OS. The Morgan fingerprint density at radius 1 is 0.966 bits per heavy atom. The van der Waals surface area contributed by atoms with Crippen molar-refractivity contribution in [2.75, 3.05) is 5.75 Å². The monoisotopic (exact) mass is 504 g/mol. The van der Waals surface area contributed by atoms with E-state index in [9.17, 15) is 0 Å². The lowest BCUT2D eigenvalue weighted by Gasteiger charge is -2.12. The Kier molecular flexibility index (Phi) is 4.99. The van der Waals surface area contributed by atoms with Gasteiger partial charge in [-0.3, -0.25) is 0 Å². The quantitative estimate of drug-likeness (QED) is 0.313. The van der Waals surface area contributed by atoms with Crippen molar-refractivity contribution in [3.05, 3.63) is 74.9 Å². The van der Waals surface area contributed by atoms with E-state index in [-0.39, 0.29) is 0 Å². The third-order valence-electron chi connectivity index (χ3n) is 4.32.